The third kappa shape index (κ3) is 2.58. The SMILES string of the molecule is Cn1cc([C@@H](c2cccnc2)c2cnc3cc(N)ccc3n2)cn1. The van der Waals surface area contributed by atoms with Gasteiger partial charge in [-0.15, -0.1) is 0 Å². The zero-order valence-electron chi connectivity index (χ0n) is 13.2. The number of aryl methyl sites for hydroxylation is 1. The minimum absolute atomic E-state index is 0.0677. The van der Waals surface area contributed by atoms with Gasteiger partial charge in [-0.2, -0.15) is 5.10 Å². The van der Waals surface area contributed by atoms with Gasteiger partial charge in [0.2, 0.25) is 0 Å². The average molecular weight is 316 g/mol. The molecule has 0 radical (unpaired) electrons. The zero-order chi connectivity index (χ0) is 16.5. The molecule has 0 aliphatic heterocycles. The number of hydrogen-bond acceptors (Lipinski definition) is 5. The maximum Gasteiger partial charge on any atom is 0.0907 e. The Morgan fingerprint density at radius 2 is 1.96 bits per heavy atom. The predicted molar refractivity (Wildman–Crippen MR) is 92.3 cm³/mol. The van der Waals surface area contributed by atoms with Crippen molar-refractivity contribution in [2.75, 3.05) is 5.73 Å². The van der Waals surface area contributed by atoms with Crippen molar-refractivity contribution in [1.82, 2.24) is 24.7 Å². The minimum Gasteiger partial charge on any atom is -0.399 e. The number of anilines is 1. The molecule has 0 spiro atoms. The second-order valence-corrected chi connectivity index (χ2v) is 5.71. The van der Waals surface area contributed by atoms with Gasteiger partial charge >= 0.3 is 0 Å². The number of fused-ring (bicyclic) bond motifs is 1. The molecule has 0 aliphatic rings. The van der Waals surface area contributed by atoms with Crippen LogP contribution in [0.15, 0.2) is 61.3 Å². The fourth-order valence-electron chi connectivity index (χ4n) is 2.85. The fraction of sp³-hybridized carbons (Fsp3) is 0.111. The van der Waals surface area contributed by atoms with Crippen molar-refractivity contribution in [1.29, 1.82) is 0 Å². The van der Waals surface area contributed by atoms with Gasteiger partial charge in [0.25, 0.3) is 0 Å². The van der Waals surface area contributed by atoms with Crippen molar-refractivity contribution in [3.05, 3.63) is 78.1 Å². The highest BCUT2D eigenvalue weighted by molar-refractivity contribution is 5.78. The Morgan fingerprint density at radius 3 is 2.71 bits per heavy atom. The summed E-state index contributed by atoms with van der Waals surface area (Å²) < 4.78 is 1.79. The zero-order valence-corrected chi connectivity index (χ0v) is 13.2. The highest BCUT2D eigenvalue weighted by Crippen LogP contribution is 2.30. The molecule has 0 aliphatic carbocycles. The Bertz CT molecular complexity index is 993. The molecule has 3 aromatic heterocycles. The first-order valence-electron chi connectivity index (χ1n) is 7.61. The Labute approximate surface area is 139 Å². The quantitative estimate of drug-likeness (QED) is 0.587. The second-order valence-electron chi connectivity index (χ2n) is 5.71. The van der Waals surface area contributed by atoms with Crippen LogP contribution in [-0.2, 0) is 7.05 Å². The van der Waals surface area contributed by atoms with E-state index in [2.05, 4.69) is 15.1 Å². The number of rotatable bonds is 3. The third-order valence-corrected chi connectivity index (χ3v) is 3.96. The Balaban J connectivity index is 1.88. The molecular weight excluding hydrogens is 300 g/mol. The molecule has 3 heterocycles. The summed E-state index contributed by atoms with van der Waals surface area (Å²) in [5, 5.41) is 4.29. The van der Waals surface area contributed by atoms with Gasteiger partial charge in [-0.05, 0) is 29.8 Å². The van der Waals surface area contributed by atoms with E-state index in [9.17, 15) is 0 Å². The first kappa shape index (κ1) is 14.3. The molecule has 0 amide bonds. The highest BCUT2D eigenvalue weighted by Gasteiger charge is 2.20. The molecule has 1 aromatic carbocycles. The first-order valence-corrected chi connectivity index (χ1v) is 7.61. The number of nitrogens with zero attached hydrogens (tertiary/aromatic N) is 5. The van der Waals surface area contributed by atoms with Crippen LogP contribution in [0.2, 0.25) is 0 Å². The van der Waals surface area contributed by atoms with E-state index in [1.807, 2.05) is 56.0 Å². The van der Waals surface area contributed by atoms with Gasteiger partial charge in [0.1, 0.15) is 0 Å². The highest BCUT2D eigenvalue weighted by atomic mass is 15.2. The predicted octanol–water partition coefficient (Wildman–Crippen LogP) is 2.52. The molecule has 0 fully saturated rings. The topological polar surface area (TPSA) is 82.5 Å². The molecule has 6 nitrogen and oxygen atoms in total. The van der Waals surface area contributed by atoms with Crippen LogP contribution in [0, 0.1) is 0 Å². The lowest BCUT2D eigenvalue weighted by Crippen LogP contribution is -2.06. The molecule has 4 rings (SSSR count). The van der Waals surface area contributed by atoms with Crippen molar-refractivity contribution in [2.24, 2.45) is 7.05 Å². The maximum atomic E-state index is 5.82. The second kappa shape index (κ2) is 5.73. The van der Waals surface area contributed by atoms with E-state index in [1.54, 1.807) is 17.1 Å². The monoisotopic (exact) mass is 316 g/mol. The van der Waals surface area contributed by atoms with Crippen LogP contribution < -0.4 is 5.73 Å². The van der Waals surface area contributed by atoms with Gasteiger partial charge in [0, 0.05) is 36.9 Å². The lowest BCUT2D eigenvalue weighted by Gasteiger charge is -2.15. The lowest BCUT2D eigenvalue weighted by atomic mass is 9.92. The van der Waals surface area contributed by atoms with E-state index in [0.29, 0.717) is 5.69 Å². The van der Waals surface area contributed by atoms with Crippen LogP contribution in [0.1, 0.15) is 22.7 Å². The number of hydrogen-bond donors (Lipinski definition) is 1. The minimum atomic E-state index is -0.0677. The van der Waals surface area contributed by atoms with Crippen LogP contribution in [0.4, 0.5) is 5.69 Å². The molecular formula is C18H16N6. The molecule has 0 bridgehead atoms. The molecule has 1 atom stereocenters. The van der Waals surface area contributed by atoms with E-state index in [1.165, 1.54) is 0 Å². The van der Waals surface area contributed by atoms with Gasteiger partial charge in [0.15, 0.2) is 0 Å². The van der Waals surface area contributed by atoms with Crippen molar-refractivity contribution < 1.29 is 0 Å². The molecule has 24 heavy (non-hydrogen) atoms. The number of nitrogen functional groups attached to an aromatic ring is 1. The normalized spacial score (nSPS) is 12.4. The van der Waals surface area contributed by atoms with Gasteiger partial charge < -0.3 is 5.73 Å². The summed E-state index contributed by atoms with van der Waals surface area (Å²) in [6, 6.07) is 9.53. The van der Waals surface area contributed by atoms with E-state index in [0.717, 1.165) is 27.9 Å². The lowest BCUT2D eigenvalue weighted by molar-refractivity contribution is 0.766. The maximum absolute atomic E-state index is 5.82. The van der Waals surface area contributed by atoms with Crippen LogP contribution >= 0.6 is 0 Å². The largest absolute Gasteiger partial charge is 0.399 e. The molecule has 0 saturated carbocycles. The summed E-state index contributed by atoms with van der Waals surface area (Å²) >= 11 is 0. The van der Waals surface area contributed by atoms with E-state index >= 15 is 0 Å². The molecule has 0 unspecified atom stereocenters. The summed E-state index contributed by atoms with van der Waals surface area (Å²) in [7, 11) is 1.90. The smallest absolute Gasteiger partial charge is 0.0907 e. The standard InChI is InChI=1S/C18H16N6/c1-24-11-13(9-22-24)18(12-3-2-6-20-8-12)17-10-21-16-7-14(19)4-5-15(16)23-17/h2-11,18H,19H2,1H3/t18-/m1/s1. The van der Waals surface area contributed by atoms with Crippen molar-refractivity contribution >= 4 is 16.7 Å². The molecule has 6 heteroatoms. The van der Waals surface area contributed by atoms with E-state index < -0.39 is 0 Å². The van der Waals surface area contributed by atoms with E-state index in [-0.39, 0.29) is 5.92 Å². The van der Waals surface area contributed by atoms with Gasteiger partial charge in [0.05, 0.1) is 35.0 Å². The summed E-state index contributed by atoms with van der Waals surface area (Å²) in [6.07, 6.45) is 9.26. The summed E-state index contributed by atoms with van der Waals surface area (Å²) in [5.41, 5.74) is 11.1. The summed E-state index contributed by atoms with van der Waals surface area (Å²) in [6.45, 7) is 0. The first-order chi connectivity index (χ1) is 11.7. The van der Waals surface area contributed by atoms with Gasteiger partial charge in [-0.1, -0.05) is 6.07 Å². The van der Waals surface area contributed by atoms with Crippen molar-refractivity contribution in [3.63, 3.8) is 0 Å². The summed E-state index contributed by atoms with van der Waals surface area (Å²) in [5.74, 6) is -0.0677. The number of benzene rings is 1. The van der Waals surface area contributed by atoms with Crippen LogP contribution in [-0.4, -0.2) is 24.7 Å². The molecule has 0 saturated heterocycles. The fourth-order valence-corrected chi connectivity index (χ4v) is 2.85. The Kier molecular flexibility index (Phi) is 3.42. The third-order valence-electron chi connectivity index (χ3n) is 3.96. The van der Waals surface area contributed by atoms with Crippen LogP contribution in [0.3, 0.4) is 0 Å². The molecule has 2 N–H and O–H groups in total. The Morgan fingerprint density at radius 1 is 1.04 bits per heavy atom. The van der Waals surface area contributed by atoms with Crippen LogP contribution in [0.25, 0.3) is 11.0 Å². The number of pyridine rings is 1. The van der Waals surface area contributed by atoms with Crippen LogP contribution in [0.5, 0.6) is 0 Å². The van der Waals surface area contributed by atoms with Crippen molar-refractivity contribution in [3.8, 4) is 0 Å². The van der Waals surface area contributed by atoms with E-state index in [4.69, 9.17) is 10.7 Å². The molecule has 118 valence electrons. The van der Waals surface area contributed by atoms with Gasteiger partial charge in [-0.25, -0.2) is 4.98 Å². The van der Waals surface area contributed by atoms with Gasteiger partial charge in [-0.3, -0.25) is 14.6 Å². The Hall–Kier alpha value is -3.28. The molecule has 4 aromatic rings. The average Bonchev–Trinajstić information content (AvgIpc) is 3.02. The number of aromatic nitrogens is 5. The summed E-state index contributed by atoms with van der Waals surface area (Å²) in [4.78, 5) is 13.6. The number of nitrogens with two attached hydrogens (primary N) is 1. The van der Waals surface area contributed by atoms with Crippen molar-refractivity contribution in [2.45, 2.75) is 5.92 Å².